The number of benzene rings is 2. The van der Waals surface area contributed by atoms with Crippen LogP contribution in [0.5, 0.6) is 11.5 Å². The largest absolute Gasteiger partial charge is 0.490 e. The van der Waals surface area contributed by atoms with Crippen molar-refractivity contribution < 1.29 is 33.0 Å². The van der Waals surface area contributed by atoms with E-state index < -0.39 is 17.7 Å². The van der Waals surface area contributed by atoms with Crippen LogP contribution in [-0.2, 0) is 19.1 Å². The Labute approximate surface area is 272 Å². The number of anilines is 1. The van der Waals surface area contributed by atoms with E-state index >= 15 is 0 Å². The molecular weight excluding hydrogens is 634 g/mol. The highest BCUT2D eigenvalue weighted by Gasteiger charge is 2.69. The van der Waals surface area contributed by atoms with Crippen LogP contribution in [0.2, 0.25) is 0 Å². The molecule has 3 amide bonds. The zero-order valence-corrected chi connectivity index (χ0v) is 26.6. The average molecular weight is 666 g/mol. The van der Waals surface area contributed by atoms with Crippen molar-refractivity contribution in [2.75, 3.05) is 44.4 Å². The Bertz CT molecular complexity index is 1770. The van der Waals surface area contributed by atoms with Gasteiger partial charge in [-0.25, -0.2) is 4.39 Å². The van der Waals surface area contributed by atoms with Gasteiger partial charge in [-0.2, -0.15) is 0 Å². The predicted octanol–water partition coefficient (Wildman–Crippen LogP) is 3.89. The Balaban J connectivity index is 1.12. The van der Waals surface area contributed by atoms with E-state index in [0.717, 1.165) is 21.9 Å². The number of halogens is 1. The van der Waals surface area contributed by atoms with Crippen molar-refractivity contribution in [1.82, 2.24) is 9.88 Å². The van der Waals surface area contributed by atoms with Crippen molar-refractivity contribution in [3.8, 4) is 11.5 Å². The SMILES string of the molecule is CCOc1cc([C@@H]2c3sc(=O)[nH]c3S[C@@H]3[C@@H]4C[C@@H]([C@@H]5C(=O)N(c6ccc(F)cc6)C(=O)[C@@H]45)[C@H]23)ccc1OCC(=O)N1CCOCC1. The minimum Gasteiger partial charge on any atom is -0.490 e. The molecule has 0 spiro atoms. The van der Waals surface area contributed by atoms with E-state index in [9.17, 15) is 23.6 Å². The lowest BCUT2D eigenvalue weighted by Crippen LogP contribution is -2.43. The van der Waals surface area contributed by atoms with E-state index in [1.165, 1.54) is 40.5 Å². The molecule has 4 heterocycles. The molecule has 7 atom stereocenters. The van der Waals surface area contributed by atoms with Gasteiger partial charge in [0.2, 0.25) is 11.8 Å². The number of H-pyrrole nitrogens is 1. The molecule has 0 unspecified atom stereocenters. The minimum atomic E-state index is -0.468. The van der Waals surface area contributed by atoms with Crippen LogP contribution in [-0.4, -0.2) is 72.4 Å². The molecule has 1 N–H and O–H groups in total. The van der Waals surface area contributed by atoms with E-state index in [2.05, 4.69) is 4.98 Å². The molecule has 46 heavy (non-hydrogen) atoms. The summed E-state index contributed by atoms with van der Waals surface area (Å²) in [5.74, 6) is -1.25. The van der Waals surface area contributed by atoms with E-state index in [1.54, 1.807) is 16.7 Å². The predicted molar refractivity (Wildman–Crippen MR) is 168 cm³/mol. The van der Waals surface area contributed by atoms with Crippen LogP contribution in [0.1, 0.15) is 29.7 Å². The number of rotatable bonds is 7. The van der Waals surface area contributed by atoms with Crippen molar-refractivity contribution >= 4 is 46.5 Å². The molecule has 240 valence electrons. The summed E-state index contributed by atoms with van der Waals surface area (Å²) >= 11 is 2.81. The molecule has 0 radical (unpaired) electrons. The quantitative estimate of drug-likeness (QED) is 0.378. The first-order chi connectivity index (χ1) is 22.3. The number of amides is 3. The maximum atomic E-state index is 13.9. The standard InChI is InChI=1S/C33H32FN3O7S2/c1-2-43-22-13-16(3-8-21(22)44-15-23(38)36-9-11-42-12-10-36)24-25-19-14-20(28(25)45-30-29(24)46-33(41)35-30)27-26(19)31(39)37(32(27)40)18-6-4-17(34)5-7-18/h3-8,13,19-20,24-28H,2,9-12,14-15H2,1H3,(H,35,41)/t19-,20-,24+,25-,26+,27+,28-/m1/s1. The molecule has 4 fully saturated rings. The van der Waals surface area contributed by atoms with E-state index in [-0.39, 0.29) is 58.1 Å². The number of carbonyl (C=O) groups excluding carboxylic acids is 3. The molecule has 1 aromatic heterocycles. The molecule has 2 saturated carbocycles. The van der Waals surface area contributed by atoms with Crippen LogP contribution >= 0.6 is 23.1 Å². The Morgan fingerprint density at radius 3 is 2.48 bits per heavy atom. The maximum Gasteiger partial charge on any atom is 0.305 e. The molecule has 5 aliphatic rings. The van der Waals surface area contributed by atoms with Gasteiger partial charge in [0.05, 0.1) is 42.4 Å². The van der Waals surface area contributed by atoms with Gasteiger partial charge in [0, 0.05) is 29.1 Å². The van der Waals surface area contributed by atoms with E-state index in [0.29, 0.717) is 50.1 Å². The summed E-state index contributed by atoms with van der Waals surface area (Å²) in [6, 6.07) is 11.2. The lowest BCUT2D eigenvalue weighted by atomic mass is 9.68. The number of hydrogen-bond acceptors (Lipinski definition) is 9. The monoisotopic (exact) mass is 665 g/mol. The first-order valence-corrected chi connectivity index (χ1v) is 17.3. The Hall–Kier alpha value is -3.68. The second kappa shape index (κ2) is 11.5. The summed E-state index contributed by atoms with van der Waals surface area (Å²) in [6.07, 6.45) is 0.755. The fraction of sp³-hybridized carbons (Fsp3) is 0.455. The highest BCUT2D eigenvalue weighted by molar-refractivity contribution is 8.00. The molecule has 10 nitrogen and oxygen atoms in total. The molecular formula is C33H32FN3O7S2. The highest BCUT2D eigenvalue weighted by atomic mass is 32.2. The summed E-state index contributed by atoms with van der Waals surface area (Å²) in [7, 11) is 0. The second-order valence-electron chi connectivity index (χ2n) is 12.4. The van der Waals surface area contributed by atoms with Gasteiger partial charge in [0.1, 0.15) is 5.82 Å². The van der Waals surface area contributed by atoms with Gasteiger partial charge in [-0.1, -0.05) is 17.4 Å². The normalized spacial score (nSPS) is 29.5. The lowest BCUT2D eigenvalue weighted by molar-refractivity contribution is -0.137. The third-order valence-electron chi connectivity index (χ3n) is 10.2. The van der Waals surface area contributed by atoms with Crippen molar-refractivity contribution in [2.45, 2.75) is 29.5 Å². The molecule has 3 aromatic rings. The van der Waals surface area contributed by atoms with E-state index in [1.807, 2.05) is 25.1 Å². The Morgan fingerprint density at radius 1 is 1.00 bits per heavy atom. The van der Waals surface area contributed by atoms with Gasteiger partial charge in [-0.3, -0.25) is 24.1 Å². The number of hydrogen-bond donors (Lipinski definition) is 1. The Morgan fingerprint density at radius 2 is 1.74 bits per heavy atom. The summed E-state index contributed by atoms with van der Waals surface area (Å²) in [6.45, 7) is 4.22. The number of aromatic amines is 1. The third kappa shape index (κ3) is 4.69. The minimum absolute atomic E-state index is 0.00395. The van der Waals surface area contributed by atoms with Gasteiger partial charge in [0.15, 0.2) is 18.1 Å². The van der Waals surface area contributed by atoms with Gasteiger partial charge in [-0.05, 0) is 73.1 Å². The third-order valence-corrected chi connectivity index (χ3v) is 12.7. The van der Waals surface area contributed by atoms with Crippen LogP contribution in [0.3, 0.4) is 0 Å². The molecule has 8 rings (SSSR count). The summed E-state index contributed by atoms with van der Waals surface area (Å²) in [5.41, 5.74) is 1.32. The number of carbonyl (C=O) groups is 3. The fourth-order valence-electron chi connectivity index (χ4n) is 8.38. The Kier molecular flexibility index (Phi) is 7.45. The first kappa shape index (κ1) is 29.7. The summed E-state index contributed by atoms with van der Waals surface area (Å²) < 4.78 is 31.0. The van der Waals surface area contributed by atoms with Crippen LogP contribution in [0.25, 0.3) is 0 Å². The number of imide groups is 1. The topological polar surface area (TPSA) is 118 Å². The number of nitrogens with zero attached hydrogens (tertiary/aromatic N) is 2. The highest BCUT2D eigenvalue weighted by Crippen LogP contribution is 2.68. The molecule has 3 aliphatic heterocycles. The van der Waals surface area contributed by atoms with Crippen LogP contribution in [0, 0.1) is 35.4 Å². The lowest BCUT2D eigenvalue weighted by Gasteiger charge is -2.43. The fourth-order valence-corrected chi connectivity index (χ4v) is 11.3. The number of morpholine rings is 1. The second-order valence-corrected chi connectivity index (χ2v) is 14.6. The average Bonchev–Trinajstić information content (AvgIpc) is 3.80. The molecule has 2 aliphatic carbocycles. The van der Waals surface area contributed by atoms with Crippen molar-refractivity contribution in [3.05, 3.63) is 68.4 Å². The number of thiazole rings is 1. The number of fused-ring (bicyclic) bond motifs is 9. The first-order valence-electron chi connectivity index (χ1n) is 15.6. The molecule has 2 saturated heterocycles. The molecule has 2 bridgehead atoms. The smallest absolute Gasteiger partial charge is 0.305 e. The number of thioether (sulfide) groups is 1. The van der Waals surface area contributed by atoms with Gasteiger partial charge < -0.3 is 24.1 Å². The van der Waals surface area contributed by atoms with Gasteiger partial charge in [-0.15, -0.1) is 11.8 Å². The van der Waals surface area contributed by atoms with Crippen LogP contribution < -0.4 is 19.2 Å². The van der Waals surface area contributed by atoms with Crippen molar-refractivity contribution in [1.29, 1.82) is 0 Å². The zero-order valence-electron chi connectivity index (χ0n) is 25.0. The maximum absolute atomic E-state index is 13.9. The van der Waals surface area contributed by atoms with Crippen LogP contribution in [0.15, 0.2) is 52.3 Å². The van der Waals surface area contributed by atoms with E-state index in [4.69, 9.17) is 14.2 Å². The number of aromatic nitrogens is 1. The number of ether oxygens (including phenoxy) is 3. The molecule has 2 aromatic carbocycles. The zero-order chi connectivity index (χ0) is 31.7. The van der Waals surface area contributed by atoms with Gasteiger partial charge in [0.25, 0.3) is 5.91 Å². The summed E-state index contributed by atoms with van der Waals surface area (Å²) in [5, 5.41) is 0.837. The van der Waals surface area contributed by atoms with Crippen molar-refractivity contribution in [3.63, 3.8) is 0 Å². The number of nitrogens with one attached hydrogen (secondary N) is 1. The molecule has 13 heteroatoms. The summed E-state index contributed by atoms with van der Waals surface area (Å²) in [4.78, 5) is 60.0. The van der Waals surface area contributed by atoms with Crippen molar-refractivity contribution in [2.24, 2.45) is 29.6 Å². The van der Waals surface area contributed by atoms with Crippen LogP contribution in [0.4, 0.5) is 10.1 Å². The van der Waals surface area contributed by atoms with Gasteiger partial charge >= 0.3 is 4.87 Å².